The quantitative estimate of drug-likeness (QED) is 0.776. The Hall–Kier alpha value is -2.48. The summed E-state index contributed by atoms with van der Waals surface area (Å²) in [5.74, 6) is 1.36. The van der Waals surface area contributed by atoms with Gasteiger partial charge in [0.25, 0.3) is 0 Å². The number of rotatable bonds is 4. The fourth-order valence-corrected chi connectivity index (χ4v) is 3.00. The molecule has 0 saturated carbocycles. The number of imidazole rings is 1. The predicted molar refractivity (Wildman–Crippen MR) is 82.9 cm³/mol. The van der Waals surface area contributed by atoms with E-state index in [0.29, 0.717) is 12.3 Å². The van der Waals surface area contributed by atoms with Crippen LogP contribution in [0.15, 0.2) is 23.2 Å². The maximum atomic E-state index is 9.05. The number of fused-ring (bicyclic) bond motifs is 1. The number of aliphatic hydroxyl groups is 1. The van der Waals surface area contributed by atoms with Gasteiger partial charge in [-0.3, -0.25) is 0 Å². The molecule has 1 aliphatic rings. The Morgan fingerprint density at radius 2 is 2.00 bits per heavy atom. The monoisotopic (exact) mass is 314 g/mol. The lowest BCUT2D eigenvalue weighted by atomic mass is 10.1. The van der Waals surface area contributed by atoms with Crippen LogP contribution in [0.1, 0.15) is 30.7 Å². The van der Waals surface area contributed by atoms with Gasteiger partial charge in [-0.1, -0.05) is 5.16 Å². The fraction of sp³-hybridized carbons (Fsp3) is 0.467. The molecule has 0 bridgehead atoms. The first-order chi connectivity index (χ1) is 11.3. The Bertz CT molecular complexity index is 805. The molecule has 3 aromatic heterocycles. The van der Waals surface area contributed by atoms with Crippen LogP contribution in [0.5, 0.6) is 0 Å². The molecule has 120 valence electrons. The molecule has 1 aliphatic heterocycles. The number of aliphatic hydroxyl groups excluding tert-OH is 1. The lowest BCUT2D eigenvalue weighted by Crippen LogP contribution is -2.30. The van der Waals surface area contributed by atoms with Gasteiger partial charge >= 0.3 is 0 Å². The number of hydrogen-bond donors (Lipinski definition) is 1. The molecule has 0 unspecified atom stereocenters. The molecular weight excluding hydrogens is 296 g/mol. The zero-order valence-electron chi connectivity index (χ0n) is 12.7. The summed E-state index contributed by atoms with van der Waals surface area (Å²) in [6, 6.07) is 1.73. The number of aromatic nitrogens is 5. The van der Waals surface area contributed by atoms with Gasteiger partial charge in [-0.2, -0.15) is 0 Å². The van der Waals surface area contributed by atoms with Gasteiger partial charge in [0.2, 0.25) is 0 Å². The number of anilines is 1. The van der Waals surface area contributed by atoms with Crippen LogP contribution in [0, 0.1) is 0 Å². The average Bonchev–Trinajstić information content (AvgIpc) is 3.23. The highest BCUT2D eigenvalue weighted by molar-refractivity contribution is 5.83. The molecule has 8 heteroatoms. The molecule has 0 radical (unpaired) electrons. The van der Waals surface area contributed by atoms with Gasteiger partial charge in [0.1, 0.15) is 18.6 Å². The first-order valence-electron chi connectivity index (χ1n) is 7.81. The first kappa shape index (κ1) is 14.1. The minimum absolute atomic E-state index is 0.154. The van der Waals surface area contributed by atoms with Gasteiger partial charge in [-0.05, 0) is 19.3 Å². The topological polar surface area (TPSA) is 93.1 Å². The molecule has 1 saturated heterocycles. The summed E-state index contributed by atoms with van der Waals surface area (Å²) in [7, 11) is 0. The van der Waals surface area contributed by atoms with Crippen molar-refractivity contribution in [2.24, 2.45) is 0 Å². The second-order valence-electron chi connectivity index (χ2n) is 5.73. The van der Waals surface area contributed by atoms with E-state index in [4.69, 9.17) is 9.63 Å². The molecule has 0 amide bonds. The second-order valence-corrected chi connectivity index (χ2v) is 5.73. The Labute approximate surface area is 132 Å². The standard InChI is InChI=1S/C15H18N6O2/c22-8-12-6-11(19-23-12)7-21-10-18-13-14(16-9-17-15(13)21)20-4-2-1-3-5-20/h6,9-10,22H,1-5,7-8H2. The summed E-state index contributed by atoms with van der Waals surface area (Å²) >= 11 is 0. The van der Waals surface area contributed by atoms with E-state index in [1.54, 1.807) is 18.7 Å². The van der Waals surface area contributed by atoms with E-state index in [0.717, 1.165) is 35.8 Å². The summed E-state index contributed by atoms with van der Waals surface area (Å²) in [4.78, 5) is 15.6. The minimum Gasteiger partial charge on any atom is -0.388 e. The van der Waals surface area contributed by atoms with Crippen molar-refractivity contribution < 1.29 is 9.63 Å². The van der Waals surface area contributed by atoms with Gasteiger partial charge in [0, 0.05) is 19.2 Å². The van der Waals surface area contributed by atoms with Gasteiger partial charge in [0.15, 0.2) is 22.7 Å². The highest BCUT2D eigenvalue weighted by Gasteiger charge is 2.18. The third-order valence-corrected chi connectivity index (χ3v) is 4.13. The highest BCUT2D eigenvalue weighted by atomic mass is 16.5. The van der Waals surface area contributed by atoms with Crippen molar-refractivity contribution in [3.05, 3.63) is 30.2 Å². The van der Waals surface area contributed by atoms with Gasteiger partial charge in [0.05, 0.1) is 12.9 Å². The number of nitrogens with zero attached hydrogens (tertiary/aromatic N) is 6. The van der Waals surface area contributed by atoms with E-state index in [9.17, 15) is 0 Å². The van der Waals surface area contributed by atoms with Crippen LogP contribution < -0.4 is 4.90 Å². The molecule has 1 N–H and O–H groups in total. The molecule has 0 aliphatic carbocycles. The molecule has 8 nitrogen and oxygen atoms in total. The highest BCUT2D eigenvalue weighted by Crippen LogP contribution is 2.24. The minimum atomic E-state index is -0.154. The van der Waals surface area contributed by atoms with Crippen LogP contribution in [0.2, 0.25) is 0 Å². The molecule has 4 rings (SSSR count). The molecule has 0 spiro atoms. The molecular formula is C15H18N6O2. The van der Waals surface area contributed by atoms with E-state index in [2.05, 4.69) is 25.0 Å². The summed E-state index contributed by atoms with van der Waals surface area (Å²) in [6.45, 7) is 2.37. The lowest BCUT2D eigenvalue weighted by molar-refractivity contribution is 0.228. The summed E-state index contributed by atoms with van der Waals surface area (Å²) in [5.41, 5.74) is 2.33. The second kappa shape index (κ2) is 5.96. The van der Waals surface area contributed by atoms with Gasteiger partial charge < -0.3 is 19.1 Å². The summed E-state index contributed by atoms with van der Waals surface area (Å²) in [6.07, 6.45) is 7.00. The van der Waals surface area contributed by atoms with E-state index in [1.165, 1.54) is 19.3 Å². The van der Waals surface area contributed by atoms with Gasteiger partial charge in [-0.25, -0.2) is 15.0 Å². The molecule has 3 aromatic rings. The zero-order valence-corrected chi connectivity index (χ0v) is 12.7. The first-order valence-corrected chi connectivity index (χ1v) is 7.81. The third-order valence-electron chi connectivity index (χ3n) is 4.13. The molecule has 0 atom stereocenters. The summed E-state index contributed by atoms with van der Waals surface area (Å²) in [5, 5.41) is 13.0. The van der Waals surface area contributed by atoms with Crippen molar-refractivity contribution in [3.8, 4) is 0 Å². The van der Waals surface area contributed by atoms with E-state index in [-0.39, 0.29) is 6.61 Å². The number of hydrogen-bond acceptors (Lipinski definition) is 7. The van der Waals surface area contributed by atoms with Crippen molar-refractivity contribution in [2.45, 2.75) is 32.4 Å². The zero-order chi connectivity index (χ0) is 15.6. The Morgan fingerprint density at radius 1 is 1.13 bits per heavy atom. The van der Waals surface area contributed by atoms with E-state index >= 15 is 0 Å². The SMILES string of the molecule is OCc1cc(Cn2cnc3c(N4CCCCC4)ncnc32)no1. The van der Waals surface area contributed by atoms with Crippen LogP contribution in [-0.2, 0) is 13.2 Å². The largest absolute Gasteiger partial charge is 0.388 e. The third kappa shape index (κ3) is 2.65. The van der Waals surface area contributed by atoms with Crippen molar-refractivity contribution in [3.63, 3.8) is 0 Å². The molecule has 23 heavy (non-hydrogen) atoms. The van der Waals surface area contributed by atoms with E-state index in [1.807, 2.05) is 4.57 Å². The van der Waals surface area contributed by atoms with Crippen LogP contribution in [0.4, 0.5) is 5.82 Å². The predicted octanol–water partition coefficient (Wildman–Crippen LogP) is 1.35. The van der Waals surface area contributed by atoms with Crippen molar-refractivity contribution >= 4 is 17.0 Å². The van der Waals surface area contributed by atoms with Crippen molar-refractivity contribution in [1.82, 2.24) is 24.7 Å². The molecule has 4 heterocycles. The van der Waals surface area contributed by atoms with Crippen LogP contribution in [-0.4, -0.2) is 42.9 Å². The lowest BCUT2D eigenvalue weighted by Gasteiger charge is -2.27. The Morgan fingerprint density at radius 3 is 2.78 bits per heavy atom. The fourth-order valence-electron chi connectivity index (χ4n) is 3.00. The normalized spacial score (nSPS) is 15.4. The van der Waals surface area contributed by atoms with Gasteiger partial charge in [-0.15, -0.1) is 0 Å². The van der Waals surface area contributed by atoms with Crippen molar-refractivity contribution in [2.75, 3.05) is 18.0 Å². The van der Waals surface area contributed by atoms with Crippen LogP contribution in [0.25, 0.3) is 11.2 Å². The van der Waals surface area contributed by atoms with Crippen LogP contribution in [0.3, 0.4) is 0 Å². The molecule has 1 fully saturated rings. The van der Waals surface area contributed by atoms with E-state index < -0.39 is 0 Å². The Balaban J connectivity index is 1.66. The summed E-state index contributed by atoms with van der Waals surface area (Å²) < 4.78 is 6.94. The maximum Gasteiger partial charge on any atom is 0.165 e. The Kier molecular flexibility index (Phi) is 3.66. The smallest absolute Gasteiger partial charge is 0.165 e. The van der Waals surface area contributed by atoms with Crippen molar-refractivity contribution in [1.29, 1.82) is 0 Å². The number of piperidine rings is 1. The van der Waals surface area contributed by atoms with Crippen LogP contribution >= 0.6 is 0 Å². The average molecular weight is 314 g/mol. The maximum absolute atomic E-state index is 9.05. The molecule has 0 aromatic carbocycles.